The van der Waals surface area contributed by atoms with Gasteiger partial charge in [-0.05, 0) is 12.8 Å². The van der Waals surface area contributed by atoms with Gasteiger partial charge in [0.15, 0.2) is 0 Å². The first-order valence-electron chi connectivity index (χ1n) is 4.10. The van der Waals surface area contributed by atoms with E-state index in [1.807, 2.05) is 0 Å². The number of hydrogen-bond acceptors (Lipinski definition) is 4. The SMILES string of the molecule is NS(=O)(=O)c1nccn(C2CC2)c1=O. The molecule has 0 saturated heterocycles. The zero-order valence-electron chi connectivity index (χ0n) is 7.25. The van der Waals surface area contributed by atoms with Crippen LogP contribution in [0, 0.1) is 0 Å². The average molecular weight is 215 g/mol. The first kappa shape index (κ1) is 9.35. The smallest absolute Gasteiger partial charge is 0.289 e. The second-order valence-electron chi connectivity index (χ2n) is 3.22. The Bertz CT molecular complexity index is 515. The summed E-state index contributed by atoms with van der Waals surface area (Å²) >= 11 is 0. The normalized spacial score (nSPS) is 16.9. The van der Waals surface area contributed by atoms with E-state index >= 15 is 0 Å². The molecule has 1 aliphatic rings. The highest BCUT2D eigenvalue weighted by Crippen LogP contribution is 2.33. The van der Waals surface area contributed by atoms with Gasteiger partial charge in [0.05, 0.1) is 0 Å². The molecule has 6 nitrogen and oxygen atoms in total. The lowest BCUT2D eigenvalue weighted by molar-refractivity contribution is 0.585. The summed E-state index contributed by atoms with van der Waals surface area (Å²) in [5, 5.41) is 4.27. The van der Waals surface area contributed by atoms with E-state index in [2.05, 4.69) is 4.98 Å². The predicted octanol–water partition coefficient (Wildman–Crippen LogP) is -0.774. The Morgan fingerprint density at radius 1 is 1.50 bits per heavy atom. The molecule has 14 heavy (non-hydrogen) atoms. The maximum atomic E-state index is 11.5. The van der Waals surface area contributed by atoms with Crippen LogP contribution in [0.25, 0.3) is 0 Å². The van der Waals surface area contributed by atoms with E-state index < -0.39 is 20.6 Å². The van der Waals surface area contributed by atoms with Crippen LogP contribution in [-0.2, 0) is 10.0 Å². The molecule has 0 unspecified atom stereocenters. The first-order valence-corrected chi connectivity index (χ1v) is 5.65. The van der Waals surface area contributed by atoms with Crippen molar-refractivity contribution in [1.29, 1.82) is 0 Å². The summed E-state index contributed by atoms with van der Waals surface area (Å²) in [6.45, 7) is 0. The second-order valence-corrected chi connectivity index (χ2v) is 4.70. The van der Waals surface area contributed by atoms with Crippen LogP contribution in [0.15, 0.2) is 22.2 Å². The fraction of sp³-hybridized carbons (Fsp3) is 0.429. The molecule has 1 saturated carbocycles. The molecule has 0 atom stereocenters. The van der Waals surface area contributed by atoms with Crippen molar-refractivity contribution in [3.05, 3.63) is 22.7 Å². The quantitative estimate of drug-likeness (QED) is 0.700. The summed E-state index contributed by atoms with van der Waals surface area (Å²) in [7, 11) is -4.01. The third kappa shape index (κ3) is 1.55. The highest BCUT2D eigenvalue weighted by atomic mass is 32.2. The van der Waals surface area contributed by atoms with Crippen molar-refractivity contribution in [3.8, 4) is 0 Å². The van der Waals surface area contributed by atoms with Gasteiger partial charge in [0.2, 0.25) is 5.03 Å². The number of rotatable bonds is 2. The lowest BCUT2D eigenvalue weighted by Crippen LogP contribution is -2.29. The molecule has 0 bridgehead atoms. The molecule has 7 heteroatoms. The van der Waals surface area contributed by atoms with Crippen molar-refractivity contribution in [3.63, 3.8) is 0 Å². The van der Waals surface area contributed by atoms with Crippen LogP contribution < -0.4 is 10.7 Å². The lowest BCUT2D eigenvalue weighted by atomic mass is 10.6. The van der Waals surface area contributed by atoms with Crippen LogP contribution in [0.4, 0.5) is 0 Å². The van der Waals surface area contributed by atoms with Gasteiger partial charge in [-0.25, -0.2) is 18.5 Å². The van der Waals surface area contributed by atoms with E-state index in [9.17, 15) is 13.2 Å². The summed E-state index contributed by atoms with van der Waals surface area (Å²) in [6.07, 6.45) is 4.55. The Hall–Kier alpha value is -1.21. The minimum atomic E-state index is -4.01. The van der Waals surface area contributed by atoms with E-state index in [1.54, 1.807) is 0 Å². The number of nitrogens with two attached hydrogens (primary N) is 1. The van der Waals surface area contributed by atoms with Crippen LogP contribution in [-0.4, -0.2) is 18.0 Å². The average Bonchev–Trinajstić information content (AvgIpc) is 2.85. The summed E-state index contributed by atoms with van der Waals surface area (Å²) in [4.78, 5) is 15.0. The first-order chi connectivity index (χ1) is 6.50. The van der Waals surface area contributed by atoms with E-state index in [0.29, 0.717) is 0 Å². The molecule has 0 amide bonds. The van der Waals surface area contributed by atoms with Crippen LogP contribution in [0.2, 0.25) is 0 Å². The molecule has 1 aromatic heterocycles. The third-order valence-corrected chi connectivity index (χ3v) is 2.87. The van der Waals surface area contributed by atoms with Gasteiger partial charge in [0.1, 0.15) is 0 Å². The van der Waals surface area contributed by atoms with E-state index in [-0.39, 0.29) is 6.04 Å². The standard InChI is InChI=1S/C7H9N3O3S/c8-14(12,13)6-7(11)10(4-3-9-6)5-1-2-5/h3-5H,1-2H2,(H2,8,12,13). The molecule has 0 aromatic carbocycles. The van der Waals surface area contributed by atoms with Crippen LogP contribution >= 0.6 is 0 Å². The molecule has 76 valence electrons. The Labute approximate surface area is 80.4 Å². The van der Waals surface area contributed by atoms with Crippen molar-refractivity contribution in [2.24, 2.45) is 5.14 Å². The molecule has 1 fully saturated rings. The van der Waals surface area contributed by atoms with Crippen molar-refractivity contribution in [2.75, 3.05) is 0 Å². The third-order valence-electron chi connectivity index (χ3n) is 2.05. The van der Waals surface area contributed by atoms with Gasteiger partial charge in [-0.15, -0.1) is 0 Å². The van der Waals surface area contributed by atoms with Crippen molar-refractivity contribution in [1.82, 2.24) is 9.55 Å². The minimum absolute atomic E-state index is 0.117. The largest absolute Gasteiger partial charge is 0.308 e. The fourth-order valence-corrected chi connectivity index (χ4v) is 1.80. The molecule has 0 radical (unpaired) electrons. The second kappa shape index (κ2) is 2.89. The fourth-order valence-electron chi connectivity index (χ4n) is 1.24. The van der Waals surface area contributed by atoms with Gasteiger partial charge in [-0.3, -0.25) is 4.79 Å². The van der Waals surface area contributed by atoms with Gasteiger partial charge in [0.25, 0.3) is 15.6 Å². The summed E-state index contributed by atoms with van der Waals surface area (Å²) < 4.78 is 23.3. The monoisotopic (exact) mass is 215 g/mol. The zero-order chi connectivity index (χ0) is 10.3. The van der Waals surface area contributed by atoms with Gasteiger partial charge in [-0.2, -0.15) is 0 Å². The Morgan fingerprint density at radius 2 is 2.14 bits per heavy atom. The molecular weight excluding hydrogens is 206 g/mol. The van der Waals surface area contributed by atoms with E-state index in [1.165, 1.54) is 17.0 Å². The molecule has 0 aliphatic heterocycles. The topological polar surface area (TPSA) is 95.1 Å². The summed E-state index contributed by atoms with van der Waals surface area (Å²) in [5.41, 5.74) is -0.627. The number of hydrogen-bond donors (Lipinski definition) is 1. The molecule has 2 N–H and O–H groups in total. The Balaban J connectivity index is 2.64. The summed E-state index contributed by atoms with van der Waals surface area (Å²) in [5.74, 6) is 0. The molecule has 2 rings (SSSR count). The maximum Gasteiger partial charge on any atom is 0.289 e. The van der Waals surface area contributed by atoms with Gasteiger partial charge in [-0.1, -0.05) is 0 Å². The lowest BCUT2D eigenvalue weighted by Gasteiger charge is -2.03. The number of nitrogens with zero attached hydrogens (tertiary/aromatic N) is 2. The van der Waals surface area contributed by atoms with Crippen LogP contribution in [0.5, 0.6) is 0 Å². The minimum Gasteiger partial charge on any atom is -0.308 e. The van der Waals surface area contributed by atoms with E-state index in [4.69, 9.17) is 5.14 Å². The Morgan fingerprint density at radius 3 is 2.64 bits per heavy atom. The van der Waals surface area contributed by atoms with Crippen molar-refractivity contribution < 1.29 is 8.42 Å². The van der Waals surface area contributed by atoms with Gasteiger partial charge in [0, 0.05) is 18.4 Å². The Kier molecular flexibility index (Phi) is 1.93. The van der Waals surface area contributed by atoms with E-state index in [0.717, 1.165) is 12.8 Å². The van der Waals surface area contributed by atoms with Gasteiger partial charge >= 0.3 is 0 Å². The highest BCUT2D eigenvalue weighted by Gasteiger charge is 2.27. The maximum absolute atomic E-state index is 11.5. The zero-order valence-corrected chi connectivity index (χ0v) is 8.07. The highest BCUT2D eigenvalue weighted by molar-refractivity contribution is 7.89. The molecule has 1 aliphatic carbocycles. The summed E-state index contributed by atoms with van der Waals surface area (Å²) in [6, 6.07) is 0.117. The molecule has 1 aromatic rings. The molecule has 0 spiro atoms. The predicted molar refractivity (Wildman–Crippen MR) is 48.1 cm³/mol. The van der Waals surface area contributed by atoms with Crippen LogP contribution in [0.1, 0.15) is 18.9 Å². The van der Waals surface area contributed by atoms with Crippen molar-refractivity contribution >= 4 is 10.0 Å². The molecule has 1 heterocycles. The van der Waals surface area contributed by atoms with Crippen LogP contribution in [0.3, 0.4) is 0 Å². The van der Waals surface area contributed by atoms with Gasteiger partial charge < -0.3 is 4.57 Å². The van der Waals surface area contributed by atoms with Crippen molar-refractivity contribution in [2.45, 2.75) is 23.9 Å². The number of primary sulfonamides is 1. The number of aromatic nitrogens is 2. The molecular formula is C7H9N3O3S. The number of sulfonamides is 1.